The monoisotopic (exact) mass is 502 g/mol. The molecule has 0 spiro atoms. The van der Waals surface area contributed by atoms with Crippen LogP contribution in [0, 0.1) is 13.8 Å². The van der Waals surface area contributed by atoms with Gasteiger partial charge in [-0.3, -0.25) is 24.1 Å². The molecule has 0 saturated carbocycles. The quantitative estimate of drug-likeness (QED) is 0.480. The fraction of sp³-hybridized carbons (Fsp3) is 0.130. The first kappa shape index (κ1) is 23.1. The molecular weight excluding hydrogens is 487 g/mol. The minimum Gasteiger partial charge on any atom is -0.462 e. The Hall–Kier alpha value is -3.07. The molecule has 3 aromatic rings. The highest BCUT2D eigenvalue weighted by Gasteiger charge is 2.36. The third kappa shape index (κ3) is 4.68. The van der Waals surface area contributed by atoms with Crippen molar-refractivity contribution >= 4 is 74.7 Å². The maximum Gasteiger partial charge on any atom is 0.294 e. The first-order valence-corrected chi connectivity index (χ1v) is 11.2. The molecule has 2 heterocycles. The summed E-state index contributed by atoms with van der Waals surface area (Å²) in [5, 5.41) is 2.67. The maximum absolute atomic E-state index is 12.8. The average Bonchev–Trinajstić information content (AvgIpc) is 3.00. The third-order valence-electron chi connectivity index (χ3n) is 4.94. The predicted molar refractivity (Wildman–Crippen MR) is 130 cm³/mol. The van der Waals surface area contributed by atoms with E-state index >= 15 is 0 Å². The van der Waals surface area contributed by atoms with Crippen LogP contribution < -0.4 is 10.7 Å². The number of hydrogen-bond donors (Lipinski definition) is 1. The molecule has 1 saturated heterocycles. The molecule has 1 aromatic heterocycles. The van der Waals surface area contributed by atoms with Crippen LogP contribution in [0.4, 0.5) is 10.5 Å². The van der Waals surface area contributed by atoms with E-state index in [9.17, 15) is 19.2 Å². The summed E-state index contributed by atoms with van der Waals surface area (Å²) in [7, 11) is 0. The number of amides is 3. The van der Waals surface area contributed by atoms with Crippen molar-refractivity contribution in [2.75, 3.05) is 11.9 Å². The van der Waals surface area contributed by atoms with Crippen LogP contribution in [0.15, 0.2) is 50.7 Å². The van der Waals surface area contributed by atoms with E-state index in [2.05, 4.69) is 5.32 Å². The van der Waals surface area contributed by atoms with Crippen LogP contribution in [0.2, 0.25) is 10.0 Å². The predicted octanol–water partition coefficient (Wildman–Crippen LogP) is 5.39. The van der Waals surface area contributed by atoms with Gasteiger partial charge in [0, 0.05) is 10.7 Å². The lowest BCUT2D eigenvalue weighted by atomic mass is 10.1. The highest BCUT2D eigenvalue weighted by Crippen LogP contribution is 2.32. The second-order valence-corrected chi connectivity index (χ2v) is 9.26. The number of imide groups is 1. The van der Waals surface area contributed by atoms with Crippen molar-refractivity contribution < 1.29 is 18.8 Å². The van der Waals surface area contributed by atoms with Gasteiger partial charge in [0.2, 0.25) is 5.91 Å². The van der Waals surface area contributed by atoms with Crippen molar-refractivity contribution in [3.63, 3.8) is 0 Å². The van der Waals surface area contributed by atoms with Gasteiger partial charge in [-0.05, 0) is 55.4 Å². The molecule has 1 aliphatic heterocycles. The molecule has 10 heteroatoms. The van der Waals surface area contributed by atoms with Gasteiger partial charge in [-0.15, -0.1) is 0 Å². The number of fused-ring (bicyclic) bond motifs is 1. The molecule has 0 radical (unpaired) electrons. The number of thioether (sulfide) groups is 1. The van der Waals surface area contributed by atoms with Crippen molar-refractivity contribution in [3.8, 4) is 0 Å². The molecule has 1 fully saturated rings. The summed E-state index contributed by atoms with van der Waals surface area (Å²) in [6.07, 6.45) is 2.41. The number of rotatable bonds is 4. The topological polar surface area (TPSA) is 96.7 Å². The summed E-state index contributed by atoms with van der Waals surface area (Å²) in [6.45, 7) is 3.33. The number of carbonyl (C=O) groups excluding carboxylic acids is 3. The van der Waals surface area contributed by atoms with Crippen molar-refractivity contribution in [3.05, 3.63) is 78.5 Å². The molecule has 0 atom stereocenters. The van der Waals surface area contributed by atoms with Gasteiger partial charge in [-0.25, -0.2) is 0 Å². The van der Waals surface area contributed by atoms with Gasteiger partial charge < -0.3 is 9.73 Å². The van der Waals surface area contributed by atoms with E-state index < -0.39 is 29.0 Å². The summed E-state index contributed by atoms with van der Waals surface area (Å²) < 4.78 is 5.44. The van der Waals surface area contributed by atoms with Crippen molar-refractivity contribution in [1.29, 1.82) is 0 Å². The van der Waals surface area contributed by atoms with Gasteiger partial charge in [-0.1, -0.05) is 40.9 Å². The molecule has 2 aromatic carbocycles. The Morgan fingerprint density at radius 3 is 2.64 bits per heavy atom. The van der Waals surface area contributed by atoms with E-state index in [1.165, 1.54) is 18.2 Å². The molecular formula is C23H16Cl2N2O5S. The lowest BCUT2D eigenvalue weighted by Gasteiger charge is -2.14. The van der Waals surface area contributed by atoms with E-state index in [0.29, 0.717) is 17.4 Å². The molecule has 33 heavy (non-hydrogen) atoms. The number of carbonyl (C=O) groups is 3. The third-order valence-corrected chi connectivity index (χ3v) is 6.34. The summed E-state index contributed by atoms with van der Waals surface area (Å²) in [5.74, 6) is -1.19. The van der Waals surface area contributed by atoms with Crippen molar-refractivity contribution in [2.45, 2.75) is 13.8 Å². The Bertz CT molecular complexity index is 1430. The van der Waals surface area contributed by atoms with E-state index in [1.54, 1.807) is 6.07 Å². The van der Waals surface area contributed by atoms with Crippen LogP contribution in [-0.2, 0) is 9.59 Å². The number of aryl methyl sites for hydroxylation is 2. The minimum absolute atomic E-state index is 0.000841. The zero-order valence-corrected chi connectivity index (χ0v) is 19.7. The molecule has 0 unspecified atom stereocenters. The van der Waals surface area contributed by atoms with E-state index in [1.807, 2.05) is 26.0 Å². The zero-order chi connectivity index (χ0) is 23.9. The van der Waals surface area contributed by atoms with Gasteiger partial charge in [0.05, 0.1) is 20.9 Å². The van der Waals surface area contributed by atoms with Crippen LogP contribution in [0.3, 0.4) is 0 Å². The molecule has 1 N–H and O–H groups in total. The summed E-state index contributed by atoms with van der Waals surface area (Å²) in [4.78, 5) is 51.2. The lowest BCUT2D eigenvalue weighted by Crippen LogP contribution is -2.36. The largest absolute Gasteiger partial charge is 0.462 e. The Morgan fingerprint density at radius 1 is 1.15 bits per heavy atom. The Morgan fingerprint density at radius 2 is 1.91 bits per heavy atom. The summed E-state index contributed by atoms with van der Waals surface area (Å²) >= 11 is 12.7. The number of halogens is 2. The van der Waals surface area contributed by atoms with Crippen LogP contribution in [0.25, 0.3) is 17.0 Å². The van der Waals surface area contributed by atoms with Gasteiger partial charge in [0.1, 0.15) is 12.8 Å². The fourth-order valence-electron chi connectivity index (χ4n) is 3.34. The molecule has 168 valence electrons. The number of nitrogens with zero attached hydrogens (tertiary/aromatic N) is 1. The summed E-state index contributed by atoms with van der Waals surface area (Å²) in [5.41, 5.74) is 2.26. The minimum atomic E-state index is -0.676. The Balaban J connectivity index is 1.56. The average molecular weight is 503 g/mol. The van der Waals surface area contributed by atoms with Gasteiger partial charge in [0.15, 0.2) is 11.0 Å². The molecule has 1 aliphatic rings. The first-order valence-electron chi connectivity index (χ1n) is 9.67. The van der Waals surface area contributed by atoms with Crippen LogP contribution in [-0.4, -0.2) is 28.5 Å². The van der Waals surface area contributed by atoms with Crippen molar-refractivity contribution in [1.82, 2.24) is 4.90 Å². The zero-order valence-electron chi connectivity index (χ0n) is 17.4. The molecule has 4 rings (SSSR count). The van der Waals surface area contributed by atoms with E-state index in [0.717, 1.165) is 22.3 Å². The van der Waals surface area contributed by atoms with E-state index in [4.69, 9.17) is 27.6 Å². The molecule has 7 nitrogen and oxygen atoms in total. The lowest BCUT2D eigenvalue weighted by molar-refractivity contribution is -0.127. The number of anilines is 1. The SMILES string of the molecule is Cc1ccc(NC(=O)CN2C(=O)S/C(=C\c3coc4c(Cl)cc(Cl)cc4c3=O)C2=O)c(C)c1. The van der Waals surface area contributed by atoms with Crippen LogP contribution >= 0.6 is 35.0 Å². The molecule has 0 aliphatic carbocycles. The molecule has 3 amide bonds. The van der Waals surface area contributed by atoms with Crippen molar-refractivity contribution in [2.24, 2.45) is 0 Å². The van der Waals surface area contributed by atoms with Crippen LogP contribution in [0.1, 0.15) is 16.7 Å². The molecule has 0 bridgehead atoms. The second kappa shape index (κ2) is 9.05. The summed E-state index contributed by atoms with van der Waals surface area (Å²) in [6, 6.07) is 8.38. The van der Waals surface area contributed by atoms with Gasteiger partial charge in [0.25, 0.3) is 11.1 Å². The number of benzene rings is 2. The number of hydrogen-bond acceptors (Lipinski definition) is 6. The Kier molecular flexibility index (Phi) is 6.34. The standard InChI is InChI=1S/C23H16Cl2N2O5S/c1-11-3-4-17(12(2)5-11)26-19(28)9-27-22(30)18(33-23(27)31)6-13-10-32-21-15(20(13)29)7-14(24)8-16(21)25/h3-8,10H,9H2,1-2H3,(H,26,28)/b18-6-. The van der Waals surface area contributed by atoms with Gasteiger partial charge >= 0.3 is 0 Å². The van der Waals surface area contributed by atoms with Crippen LogP contribution in [0.5, 0.6) is 0 Å². The van der Waals surface area contributed by atoms with Gasteiger partial charge in [-0.2, -0.15) is 0 Å². The highest BCUT2D eigenvalue weighted by molar-refractivity contribution is 8.18. The normalized spacial score (nSPS) is 15.0. The maximum atomic E-state index is 12.8. The van der Waals surface area contributed by atoms with E-state index in [-0.39, 0.29) is 31.5 Å². The smallest absolute Gasteiger partial charge is 0.294 e. The number of nitrogens with one attached hydrogen (secondary N) is 1. The fourth-order valence-corrected chi connectivity index (χ4v) is 4.71. The second-order valence-electron chi connectivity index (χ2n) is 7.42. The first-order chi connectivity index (χ1) is 15.6. The Labute approximate surface area is 202 Å². The highest BCUT2D eigenvalue weighted by atomic mass is 35.5.